The number of benzene rings is 1. The molecule has 2 amide bonds. The van der Waals surface area contributed by atoms with Crippen molar-refractivity contribution in [3.8, 4) is 5.75 Å². The van der Waals surface area contributed by atoms with Gasteiger partial charge < -0.3 is 26.0 Å². The highest BCUT2D eigenvalue weighted by Crippen LogP contribution is 2.28. The molecule has 7 nitrogen and oxygen atoms in total. The fourth-order valence-electron chi connectivity index (χ4n) is 3.25. The van der Waals surface area contributed by atoms with E-state index < -0.39 is 36.2 Å². The number of nitrogens with two attached hydrogens (primary N) is 1. The predicted molar refractivity (Wildman–Crippen MR) is 113 cm³/mol. The molecule has 0 heterocycles. The van der Waals surface area contributed by atoms with Crippen molar-refractivity contribution in [3.63, 3.8) is 0 Å². The van der Waals surface area contributed by atoms with Crippen molar-refractivity contribution in [2.75, 3.05) is 6.26 Å². The number of carbonyl (C=O) groups is 2. The molecule has 0 aromatic heterocycles. The minimum absolute atomic E-state index is 0.0372. The number of ether oxygens (including phenoxy) is 1. The zero-order valence-corrected chi connectivity index (χ0v) is 18.0. The molecule has 29 heavy (non-hydrogen) atoms. The molecule has 2 rings (SSSR count). The maximum atomic E-state index is 12.6. The Bertz CT molecular complexity index is 780. The van der Waals surface area contributed by atoms with E-state index >= 15 is 0 Å². The zero-order valence-electron chi connectivity index (χ0n) is 17.2. The second kappa shape index (κ2) is 10.1. The van der Waals surface area contributed by atoms with Crippen molar-refractivity contribution in [2.24, 2.45) is 11.7 Å². The molecule has 0 fully saturated rings. The SMILES string of the molecule is CSc1ccc(OC2C=C(C(=O)NC(CC(C)C)C(N)=O)CC(O)C2O)cc1C. The van der Waals surface area contributed by atoms with Gasteiger partial charge in [0.2, 0.25) is 11.8 Å². The molecule has 4 atom stereocenters. The largest absolute Gasteiger partial charge is 0.484 e. The van der Waals surface area contributed by atoms with E-state index in [1.165, 1.54) is 6.08 Å². The first-order valence-electron chi connectivity index (χ1n) is 9.60. The van der Waals surface area contributed by atoms with Crippen molar-refractivity contribution < 1.29 is 24.5 Å². The van der Waals surface area contributed by atoms with Crippen LogP contribution in [0, 0.1) is 12.8 Å². The van der Waals surface area contributed by atoms with Crippen LogP contribution >= 0.6 is 11.8 Å². The van der Waals surface area contributed by atoms with Crippen LogP contribution in [0.1, 0.15) is 32.3 Å². The van der Waals surface area contributed by atoms with Crippen molar-refractivity contribution in [1.82, 2.24) is 5.32 Å². The standard InChI is InChI=1S/C21H30N2O5S/c1-11(2)7-15(20(22)26)23-21(27)13-9-16(24)19(25)17(10-13)28-14-5-6-18(29-4)12(3)8-14/h5-6,8,10-11,15-17,19,24-25H,7,9H2,1-4H3,(H2,22,26)(H,23,27). The van der Waals surface area contributed by atoms with Gasteiger partial charge in [-0.25, -0.2) is 0 Å². The number of nitrogens with one attached hydrogen (secondary N) is 1. The summed E-state index contributed by atoms with van der Waals surface area (Å²) in [6.07, 6.45) is 0.638. The van der Waals surface area contributed by atoms with Gasteiger partial charge in [0.15, 0.2) is 0 Å². The third-order valence-corrected chi connectivity index (χ3v) is 5.71. The molecule has 1 aromatic carbocycles. The van der Waals surface area contributed by atoms with Crippen molar-refractivity contribution >= 4 is 23.6 Å². The normalized spacial score (nSPS) is 22.7. The Balaban J connectivity index is 2.18. The van der Waals surface area contributed by atoms with E-state index in [2.05, 4.69) is 5.32 Å². The molecule has 0 aliphatic heterocycles. The topological polar surface area (TPSA) is 122 Å². The fourth-order valence-corrected chi connectivity index (χ4v) is 3.84. The molecule has 4 unspecified atom stereocenters. The van der Waals surface area contributed by atoms with Crippen LogP contribution in [0.2, 0.25) is 0 Å². The highest BCUT2D eigenvalue weighted by Gasteiger charge is 2.35. The summed E-state index contributed by atoms with van der Waals surface area (Å²) in [4.78, 5) is 25.4. The summed E-state index contributed by atoms with van der Waals surface area (Å²) in [5.74, 6) is -0.405. The number of rotatable bonds is 8. The first-order chi connectivity index (χ1) is 13.6. The van der Waals surface area contributed by atoms with E-state index in [1.807, 2.05) is 39.2 Å². The lowest BCUT2D eigenvalue weighted by atomic mass is 9.91. The molecule has 1 aliphatic rings. The second-order valence-electron chi connectivity index (χ2n) is 7.73. The monoisotopic (exact) mass is 422 g/mol. The summed E-state index contributed by atoms with van der Waals surface area (Å²) in [7, 11) is 0. The van der Waals surface area contributed by atoms with Crippen LogP contribution in [0.4, 0.5) is 0 Å². The number of carbonyl (C=O) groups excluding carboxylic acids is 2. The highest BCUT2D eigenvalue weighted by molar-refractivity contribution is 7.98. The van der Waals surface area contributed by atoms with Gasteiger partial charge in [0, 0.05) is 16.9 Å². The Labute approximate surface area is 175 Å². The summed E-state index contributed by atoms with van der Waals surface area (Å²) in [6, 6.07) is 4.75. The quantitative estimate of drug-likeness (QED) is 0.472. The van der Waals surface area contributed by atoms with Crippen LogP contribution < -0.4 is 15.8 Å². The average Bonchev–Trinajstić information content (AvgIpc) is 2.64. The van der Waals surface area contributed by atoms with Gasteiger partial charge in [0.1, 0.15) is 24.0 Å². The van der Waals surface area contributed by atoms with E-state index in [0.717, 1.165) is 10.5 Å². The van der Waals surface area contributed by atoms with Crippen molar-refractivity contribution in [1.29, 1.82) is 0 Å². The van der Waals surface area contributed by atoms with E-state index in [9.17, 15) is 19.8 Å². The number of primary amides is 1. The molecule has 0 spiro atoms. The smallest absolute Gasteiger partial charge is 0.247 e. The minimum atomic E-state index is -1.17. The first-order valence-corrected chi connectivity index (χ1v) is 10.8. The average molecular weight is 423 g/mol. The maximum absolute atomic E-state index is 12.6. The molecule has 1 aromatic rings. The molecular formula is C21H30N2O5S. The van der Waals surface area contributed by atoms with Crippen LogP contribution in [0.15, 0.2) is 34.7 Å². The van der Waals surface area contributed by atoms with E-state index in [1.54, 1.807) is 17.8 Å². The molecule has 0 radical (unpaired) electrons. The number of thioether (sulfide) groups is 1. The molecule has 0 bridgehead atoms. The van der Waals surface area contributed by atoms with Gasteiger partial charge in [-0.05, 0) is 55.4 Å². The third-order valence-electron chi connectivity index (χ3n) is 4.81. The van der Waals surface area contributed by atoms with Gasteiger partial charge in [-0.1, -0.05) is 13.8 Å². The van der Waals surface area contributed by atoms with Crippen LogP contribution in [0.3, 0.4) is 0 Å². The number of hydrogen-bond acceptors (Lipinski definition) is 6. The lowest BCUT2D eigenvalue weighted by molar-refractivity contribution is -0.126. The van der Waals surface area contributed by atoms with Gasteiger partial charge >= 0.3 is 0 Å². The van der Waals surface area contributed by atoms with Crippen LogP contribution in [-0.4, -0.2) is 52.6 Å². The zero-order chi connectivity index (χ0) is 21.7. The van der Waals surface area contributed by atoms with Gasteiger partial charge in [-0.2, -0.15) is 0 Å². The van der Waals surface area contributed by atoms with Gasteiger partial charge in [0.25, 0.3) is 0 Å². The first kappa shape index (κ1) is 23.3. The predicted octanol–water partition coefficient (Wildman–Crippen LogP) is 1.53. The summed E-state index contributed by atoms with van der Waals surface area (Å²) in [5.41, 5.74) is 6.67. The minimum Gasteiger partial charge on any atom is -0.484 e. The number of amides is 2. The number of aliphatic hydroxyl groups excluding tert-OH is 2. The third kappa shape index (κ3) is 6.22. The Morgan fingerprint density at radius 2 is 2.03 bits per heavy atom. The molecule has 8 heteroatoms. The van der Waals surface area contributed by atoms with E-state index in [0.29, 0.717) is 12.2 Å². The van der Waals surface area contributed by atoms with Crippen LogP contribution in [-0.2, 0) is 9.59 Å². The fraction of sp³-hybridized carbons (Fsp3) is 0.524. The van der Waals surface area contributed by atoms with Crippen LogP contribution in [0.25, 0.3) is 0 Å². The molecule has 160 valence electrons. The summed E-state index contributed by atoms with van der Waals surface area (Å²) in [6.45, 7) is 5.81. The van der Waals surface area contributed by atoms with Gasteiger partial charge in [0.05, 0.1) is 6.10 Å². The van der Waals surface area contributed by atoms with E-state index in [4.69, 9.17) is 10.5 Å². The van der Waals surface area contributed by atoms with E-state index in [-0.39, 0.29) is 17.9 Å². The van der Waals surface area contributed by atoms with Gasteiger partial charge in [-0.15, -0.1) is 11.8 Å². The lowest BCUT2D eigenvalue weighted by Gasteiger charge is -2.31. The molecular weight excluding hydrogens is 392 g/mol. The number of aliphatic hydroxyl groups is 2. The maximum Gasteiger partial charge on any atom is 0.247 e. The van der Waals surface area contributed by atoms with Crippen molar-refractivity contribution in [2.45, 2.75) is 62.9 Å². The Kier molecular flexibility index (Phi) is 8.13. The Morgan fingerprint density at radius 1 is 1.34 bits per heavy atom. The van der Waals surface area contributed by atoms with Gasteiger partial charge in [-0.3, -0.25) is 9.59 Å². The Morgan fingerprint density at radius 3 is 2.59 bits per heavy atom. The van der Waals surface area contributed by atoms with Crippen molar-refractivity contribution in [3.05, 3.63) is 35.4 Å². The highest BCUT2D eigenvalue weighted by atomic mass is 32.2. The molecule has 5 N–H and O–H groups in total. The summed E-state index contributed by atoms with van der Waals surface area (Å²) < 4.78 is 5.85. The molecule has 0 saturated heterocycles. The lowest BCUT2D eigenvalue weighted by Crippen LogP contribution is -2.49. The van der Waals surface area contributed by atoms with Crippen LogP contribution in [0.5, 0.6) is 5.75 Å². The number of hydrogen-bond donors (Lipinski definition) is 4. The Hall–Kier alpha value is -2.03. The molecule has 1 aliphatic carbocycles. The second-order valence-corrected chi connectivity index (χ2v) is 8.57. The molecule has 0 saturated carbocycles. The number of aryl methyl sites for hydroxylation is 1. The summed E-state index contributed by atoms with van der Waals surface area (Å²) in [5, 5.41) is 23.2. The summed E-state index contributed by atoms with van der Waals surface area (Å²) >= 11 is 1.62.